The number of piperidine rings is 1. The zero-order valence-electron chi connectivity index (χ0n) is 18.5. The van der Waals surface area contributed by atoms with E-state index in [1.807, 2.05) is 26.0 Å². The Balaban J connectivity index is 1.61. The number of rotatable bonds is 10. The minimum atomic E-state index is -3.73. The predicted octanol–water partition coefficient (Wildman–Crippen LogP) is 3.27. The molecule has 8 nitrogen and oxygen atoms in total. The van der Waals surface area contributed by atoms with E-state index in [4.69, 9.17) is 4.74 Å². The molecule has 1 unspecified atom stereocenters. The zero-order chi connectivity index (χ0) is 23.2. The Morgan fingerprint density at radius 1 is 1.00 bits per heavy atom. The summed E-state index contributed by atoms with van der Waals surface area (Å²) in [5.41, 5.74) is 1.56. The number of benzene rings is 2. The number of sulfonamides is 1. The van der Waals surface area contributed by atoms with E-state index in [1.165, 1.54) is 16.4 Å². The van der Waals surface area contributed by atoms with Crippen molar-refractivity contribution in [3.63, 3.8) is 0 Å². The van der Waals surface area contributed by atoms with E-state index in [0.717, 1.165) is 18.4 Å². The van der Waals surface area contributed by atoms with Gasteiger partial charge in [0.15, 0.2) is 0 Å². The molecular weight excluding hydrogens is 450 g/mol. The molecule has 0 spiro atoms. The van der Waals surface area contributed by atoms with Crippen LogP contribution in [0.2, 0.25) is 0 Å². The quantitative estimate of drug-likeness (QED) is 0.542. The van der Waals surface area contributed by atoms with E-state index in [9.17, 15) is 16.8 Å². The number of hydrogen-bond donors (Lipinski definition) is 2. The van der Waals surface area contributed by atoms with Crippen molar-refractivity contribution in [3.8, 4) is 5.75 Å². The summed E-state index contributed by atoms with van der Waals surface area (Å²) >= 11 is 0. The van der Waals surface area contributed by atoms with Crippen LogP contribution < -0.4 is 14.2 Å². The summed E-state index contributed by atoms with van der Waals surface area (Å²) < 4.78 is 63.2. The van der Waals surface area contributed by atoms with Crippen LogP contribution in [0.3, 0.4) is 0 Å². The molecule has 0 aliphatic carbocycles. The zero-order valence-corrected chi connectivity index (χ0v) is 20.1. The minimum Gasteiger partial charge on any atom is -0.494 e. The van der Waals surface area contributed by atoms with Gasteiger partial charge in [-0.05, 0) is 69.5 Å². The van der Waals surface area contributed by atoms with Crippen LogP contribution in [0, 0.1) is 6.92 Å². The van der Waals surface area contributed by atoms with Gasteiger partial charge in [-0.1, -0.05) is 24.1 Å². The fourth-order valence-corrected chi connectivity index (χ4v) is 6.30. The van der Waals surface area contributed by atoms with Gasteiger partial charge in [0.2, 0.25) is 10.0 Å². The molecule has 1 aliphatic rings. The Morgan fingerprint density at radius 3 is 2.34 bits per heavy atom. The van der Waals surface area contributed by atoms with E-state index in [1.54, 1.807) is 24.3 Å². The third kappa shape index (κ3) is 6.44. The topological polar surface area (TPSA) is 105 Å². The largest absolute Gasteiger partial charge is 0.494 e. The molecule has 32 heavy (non-hydrogen) atoms. The first-order chi connectivity index (χ1) is 15.2. The van der Waals surface area contributed by atoms with E-state index in [0.29, 0.717) is 37.4 Å². The Bertz CT molecular complexity index is 1090. The van der Waals surface area contributed by atoms with Crippen LogP contribution in [0.4, 0.5) is 5.69 Å². The summed E-state index contributed by atoms with van der Waals surface area (Å²) in [5, 5.41) is 0. The molecule has 1 fully saturated rings. The van der Waals surface area contributed by atoms with Gasteiger partial charge in [-0.3, -0.25) is 4.72 Å². The van der Waals surface area contributed by atoms with Gasteiger partial charge in [0.1, 0.15) is 5.75 Å². The Hall–Kier alpha value is -2.14. The monoisotopic (exact) mass is 481 g/mol. The van der Waals surface area contributed by atoms with Gasteiger partial charge in [-0.2, -0.15) is 12.7 Å². The number of hydrogen-bond acceptors (Lipinski definition) is 5. The summed E-state index contributed by atoms with van der Waals surface area (Å²) in [4.78, 5) is 0.148. The molecular formula is C22H31N3O5S2. The number of nitrogens with one attached hydrogen (secondary N) is 2. The average Bonchev–Trinajstić information content (AvgIpc) is 2.76. The molecule has 2 aromatic rings. The van der Waals surface area contributed by atoms with Crippen molar-refractivity contribution in [2.45, 2.75) is 50.5 Å². The fraction of sp³-hybridized carbons (Fsp3) is 0.455. The van der Waals surface area contributed by atoms with Crippen molar-refractivity contribution >= 4 is 25.9 Å². The fourth-order valence-electron chi connectivity index (χ4n) is 3.73. The third-order valence-corrected chi connectivity index (χ3v) is 8.46. The maximum Gasteiger partial charge on any atom is 0.301 e. The van der Waals surface area contributed by atoms with Gasteiger partial charge in [0, 0.05) is 24.8 Å². The van der Waals surface area contributed by atoms with Crippen molar-refractivity contribution in [1.82, 2.24) is 9.03 Å². The van der Waals surface area contributed by atoms with Gasteiger partial charge in [-0.15, -0.1) is 0 Å². The molecule has 0 radical (unpaired) electrons. The highest BCUT2D eigenvalue weighted by molar-refractivity contribution is 7.90. The van der Waals surface area contributed by atoms with Crippen molar-refractivity contribution in [2.75, 3.05) is 24.4 Å². The van der Waals surface area contributed by atoms with Crippen LogP contribution >= 0.6 is 0 Å². The van der Waals surface area contributed by atoms with Gasteiger partial charge in [0.05, 0.1) is 11.5 Å². The lowest BCUT2D eigenvalue weighted by molar-refractivity contribution is 0.243. The summed E-state index contributed by atoms with van der Waals surface area (Å²) in [6.07, 6.45) is 2.78. The molecule has 176 valence electrons. The Kier molecular flexibility index (Phi) is 8.16. The van der Waals surface area contributed by atoms with Crippen LogP contribution in [-0.2, 0) is 20.2 Å². The number of anilines is 1. The number of nitrogens with zero attached hydrogens (tertiary/aromatic N) is 1. The highest BCUT2D eigenvalue weighted by Gasteiger charge is 2.32. The smallest absolute Gasteiger partial charge is 0.301 e. The first-order valence-electron chi connectivity index (χ1n) is 10.8. The molecule has 2 N–H and O–H groups in total. The van der Waals surface area contributed by atoms with Crippen LogP contribution in [-0.4, -0.2) is 46.9 Å². The molecule has 10 heteroatoms. The number of ether oxygens (including phenoxy) is 1. The lowest BCUT2D eigenvalue weighted by Crippen LogP contribution is -2.47. The summed E-state index contributed by atoms with van der Waals surface area (Å²) in [6, 6.07) is 13.1. The van der Waals surface area contributed by atoms with Gasteiger partial charge in [0.25, 0.3) is 0 Å². The molecule has 2 aromatic carbocycles. The van der Waals surface area contributed by atoms with Crippen LogP contribution in [0.5, 0.6) is 5.75 Å². The summed E-state index contributed by atoms with van der Waals surface area (Å²) in [5.74, 6) is 0.607. The molecule has 1 saturated heterocycles. The second kappa shape index (κ2) is 10.7. The number of aryl methyl sites for hydroxylation is 1. The van der Waals surface area contributed by atoms with Crippen molar-refractivity contribution in [3.05, 3.63) is 54.1 Å². The van der Waals surface area contributed by atoms with E-state index < -0.39 is 20.2 Å². The average molecular weight is 482 g/mol. The van der Waals surface area contributed by atoms with Gasteiger partial charge < -0.3 is 4.74 Å². The third-order valence-electron chi connectivity index (χ3n) is 5.39. The van der Waals surface area contributed by atoms with Crippen molar-refractivity contribution in [2.24, 2.45) is 0 Å². The second-order valence-electron chi connectivity index (χ2n) is 7.82. The van der Waals surface area contributed by atoms with E-state index in [-0.39, 0.29) is 17.5 Å². The van der Waals surface area contributed by atoms with E-state index >= 15 is 0 Å². The molecule has 0 amide bonds. The molecule has 3 rings (SSSR count). The van der Waals surface area contributed by atoms with Crippen molar-refractivity contribution < 1.29 is 21.6 Å². The highest BCUT2D eigenvalue weighted by Crippen LogP contribution is 2.24. The Morgan fingerprint density at radius 2 is 1.69 bits per heavy atom. The van der Waals surface area contributed by atoms with Gasteiger partial charge in [-0.25, -0.2) is 13.1 Å². The molecule has 0 aromatic heterocycles. The molecule has 1 aliphatic heterocycles. The van der Waals surface area contributed by atoms with Crippen LogP contribution in [0.15, 0.2) is 53.4 Å². The SMILES string of the molecule is CCOc1ccc(S(=O)(=O)NCCC2CCCCN2S(=O)(=O)Nc2ccc(C)cc2)cc1. The normalized spacial score (nSPS) is 17.8. The van der Waals surface area contributed by atoms with Crippen molar-refractivity contribution in [1.29, 1.82) is 0 Å². The molecule has 0 bridgehead atoms. The highest BCUT2D eigenvalue weighted by atomic mass is 32.2. The molecule has 1 heterocycles. The lowest BCUT2D eigenvalue weighted by Gasteiger charge is -2.34. The van der Waals surface area contributed by atoms with Gasteiger partial charge >= 0.3 is 10.2 Å². The first-order valence-corrected chi connectivity index (χ1v) is 13.7. The molecule has 0 saturated carbocycles. The second-order valence-corrected chi connectivity index (χ2v) is 11.2. The first kappa shape index (κ1) is 24.5. The molecule has 1 atom stereocenters. The standard InChI is InChI=1S/C22H31N3O5S2/c1-3-30-21-11-13-22(14-12-21)31(26,27)23-16-15-20-6-4-5-17-25(20)32(28,29)24-19-9-7-18(2)8-10-19/h7-14,20,23-24H,3-6,15-17H2,1-2H3. The maximum atomic E-state index is 13.0. The maximum absolute atomic E-state index is 13.0. The van der Waals surface area contributed by atoms with E-state index in [2.05, 4.69) is 9.44 Å². The lowest BCUT2D eigenvalue weighted by atomic mass is 10.0. The van der Waals surface area contributed by atoms with Crippen LogP contribution in [0.1, 0.15) is 38.2 Å². The predicted molar refractivity (Wildman–Crippen MR) is 125 cm³/mol. The van der Waals surface area contributed by atoms with Crippen LogP contribution in [0.25, 0.3) is 0 Å². The summed E-state index contributed by atoms with van der Waals surface area (Å²) in [7, 11) is -7.42. The minimum absolute atomic E-state index is 0.148. The summed E-state index contributed by atoms with van der Waals surface area (Å²) in [6.45, 7) is 4.86. The Labute approximate surface area is 191 Å².